The van der Waals surface area contributed by atoms with Crippen LogP contribution in [0, 0.1) is 0 Å². The van der Waals surface area contributed by atoms with Gasteiger partial charge in [0.25, 0.3) is 0 Å². The third-order valence-electron chi connectivity index (χ3n) is 0.939. The quantitative estimate of drug-likeness (QED) is 0.578. The smallest absolute Gasteiger partial charge is 0.210 e. The SMILES string of the molecule is CC(C)NCCS(N)(=O)=O. The lowest BCUT2D eigenvalue weighted by molar-refractivity contribution is 0.579. The molecule has 10 heavy (non-hydrogen) atoms. The summed E-state index contributed by atoms with van der Waals surface area (Å²) in [5.74, 6) is 0.00514. The summed E-state index contributed by atoms with van der Waals surface area (Å²) in [7, 11) is -3.28. The van der Waals surface area contributed by atoms with Crippen LogP contribution in [0.3, 0.4) is 0 Å². The van der Waals surface area contributed by atoms with Crippen molar-refractivity contribution < 1.29 is 8.42 Å². The first kappa shape index (κ1) is 9.87. The van der Waals surface area contributed by atoms with Crippen LogP contribution in [-0.2, 0) is 10.0 Å². The van der Waals surface area contributed by atoms with Crippen molar-refractivity contribution in [3.63, 3.8) is 0 Å². The van der Waals surface area contributed by atoms with E-state index in [-0.39, 0.29) is 5.75 Å². The second kappa shape index (κ2) is 3.90. The predicted octanol–water partition coefficient (Wildman–Crippen LogP) is -0.727. The van der Waals surface area contributed by atoms with Crippen LogP contribution in [0.1, 0.15) is 13.8 Å². The lowest BCUT2D eigenvalue weighted by Crippen LogP contribution is -2.31. The number of nitrogens with two attached hydrogens (primary N) is 1. The number of sulfonamides is 1. The Labute approximate surface area is 61.8 Å². The van der Waals surface area contributed by atoms with E-state index < -0.39 is 10.0 Å². The Morgan fingerprint density at radius 3 is 2.30 bits per heavy atom. The van der Waals surface area contributed by atoms with Crippen molar-refractivity contribution in [2.24, 2.45) is 5.14 Å². The van der Waals surface area contributed by atoms with Gasteiger partial charge in [-0.15, -0.1) is 0 Å². The van der Waals surface area contributed by atoms with Gasteiger partial charge in [0, 0.05) is 12.6 Å². The van der Waals surface area contributed by atoms with Crippen molar-refractivity contribution in [2.45, 2.75) is 19.9 Å². The van der Waals surface area contributed by atoms with Crippen LogP contribution in [0.25, 0.3) is 0 Å². The van der Waals surface area contributed by atoms with Crippen LogP contribution in [0.15, 0.2) is 0 Å². The molecule has 0 amide bonds. The van der Waals surface area contributed by atoms with Gasteiger partial charge in [-0.25, -0.2) is 13.6 Å². The van der Waals surface area contributed by atoms with Crippen molar-refractivity contribution in [3.8, 4) is 0 Å². The topological polar surface area (TPSA) is 72.2 Å². The zero-order valence-electron chi connectivity index (χ0n) is 6.29. The molecule has 0 aliphatic rings. The zero-order chi connectivity index (χ0) is 8.20. The maximum atomic E-state index is 10.4. The molecule has 0 fully saturated rings. The molecule has 0 radical (unpaired) electrons. The highest BCUT2D eigenvalue weighted by Gasteiger charge is 2.01. The van der Waals surface area contributed by atoms with E-state index in [2.05, 4.69) is 5.32 Å². The summed E-state index contributed by atoms with van der Waals surface area (Å²) in [5.41, 5.74) is 0. The lowest BCUT2D eigenvalue weighted by Gasteiger charge is -2.05. The fraction of sp³-hybridized carbons (Fsp3) is 1.00. The molecule has 0 saturated heterocycles. The molecule has 62 valence electrons. The molecule has 0 atom stereocenters. The van der Waals surface area contributed by atoms with Crippen molar-refractivity contribution in [1.82, 2.24) is 5.32 Å². The standard InChI is InChI=1S/C5H14N2O2S/c1-5(2)7-3-4-10(6,8)9/h5,7H,3-4H2,1-2H3,(H2,6,8,9). The van der Waals surface area contributed by atoms with Crippen molar-refractivity contribution >= 4 is 10.0 Å². The summed E-state index contributed by atoms with van der Waals surface area (Å²) >= 11 is 0. The molecule has 0 aliphatic heterocycles. The Morgan fingerprint density at radius 1 is 1.50 bits per heavy atom. The minimum atomic E-state index is -3.28. The molecule has 0 aromatic rings. The molecular weight excluding hydrogens is 152 g/mol. The van der Waals surface area contributed by atoms with Gasteiger partial charge in [-0.3, -0.25) is 0 Å². The van der Waals surface area contributed by atoms with Crippen LogP contribution < -0.4 is 10.5 Å². The van der Waals surface area contributed by atoms with Gasteiger partial charge in [-0.1, -0.05) is 13.8 Å². The third kappa shape index (κ3) is 7.87. The highest BCUT2D eigenvalue weighted by molar-refractivity contribution is 7.89. The molecule has 3 N–H and O–H groups in total. The Morgan fingerprint density at radius 2 is 2.00 bits per heavy atom. The van der Waals surface area contributed by atoms with Crippen molar-refractivity contribution in [2.75, 3.05) is 12.3 Å². The van der Waals surface area contributed by atoms with Gasteiger partial charge < -0.3 is 5.32 Å². The average molecular weight is 166 g/mol. The molecule has 0 saturated carbocycles. The minimum absolute atomic E-state index is 0.00514. The zero-order valence-corrected chi connectivity index (χ0v) is 7.11. The van der Waals surface area contributed by atoms with E-state index in [0.29, 0.717) is 12.6 Å². The van der Waals surface area contributed by atoms with Crippen LogP contribution in [0.4, 0.5) is 0 Å². The number of hydrogen-bond acceptors (Lipinski definition) is 3. The molecule has 0 aromatic heterocycles. The van der Waals surface area contributed by atoms with E-state index in [1.54, 1.807) is 0 Å². The number of primary sulfonamides is 1. The Balaban J connectivity index is 3.39. The normalized spacial score (nSPS) is 12.4. The maximum absolute atomic E-state index is 10.4. The molecule has 0 spiro atoms. The van der Waals surface area contributed by atoms with Crippen LogP contribution in [-0.4, -0.2) is 26.8 Å². The van der Waals surface area contributed by atoms with Crippen molar-refractivity contribution in [3.05, 3.63) is 0 Å². The van der Waals surface area contributed by atoms with Gasteiger partial charge in [-0.05, 0) is 0 Å². The molecule has 0 unspecified atom stereocenters. The fourth-order valence-electron chi connectivity index (χ4n) is 0.490. The Bertz CT molecular complexity index is 174. The van der Waals surface area contributed by atoms with Crippen molar-refractivity contribution in [1.29, 1.82) is 0 Å². The molecule has 5 heteroatoms. The second-order valence-corrected chi connectivity index (χ2v) is 4.21. The van der Waals surface area contributed by atoms with Gasteiger partial charge in [-0.2, -0.15) is 0 Å². The van der Waals surface area contributed by atoms with Gasteiger partial charge >= 0.3 is 0 Å². The third-order valence-corrected chi connectivity index (χ3v) is 1.71. The summed E-state index contributed by atoms with van der Waals surface area (Å²) in [5, 5.41) is 7.70. The largest absolute Gasteiger partial charge is 0.313 e. The predicted molar refractivity (Wildman–Crippen MR) is 41.1 cm³/mol. The molecule has 0 aliphatic carbocycles. The van der Waals surface area contributed by atoms with E-state index in [4.69, 9.17) is 5.14 Å². The molecular formula is C5H14N2O2S. The maximum Gasteiger partial charge on any atom is 0.210 e. The van der Waals surface area contributed by atoms with Gasteiger partial charge in [0.05, 0.1) is 5.75 Å². The van der Waals surface area contributed by atoms with Crippen LogP contribution in [0.5, 0.6) is 0 Å². The summed E-state index contributed by atoms with van der Waals surface area (Å²) in [4.78, 5) is 0. The monoisotopic (exact) mass is 166 g/mol. The van der Waals surface area contributed by atoms with E-state index in [9.17, 15) is 8.42 Å². The van der Waals surface area contributed by atoms with Crippen LogP contribution in [0.2, 0.25) is 0 Å². The number of hydrogen-bond donors (Lipinski definition) is 2. The second-order valence-electron chi connectivity index (χ2n) is 2.48. The number of rotatable bonds is 4. The lowest BCUT2D eigenvalue weighted by atomic mass is 10.4. The Hall–Kier alpha value is -0.130. The summed E-state index contributed by atoms with van der Waals surface area (Å²) in [6.45, 7) is 4.32. The van der Waals surface area contributed by atoms with Gasteiger partial charge in [0.1, 0.15) is 0 Å². The molecule has 0 bridgehead atoms. The van der Waals surface area contributed by atoms with E-state index in [1.165, 1.54) is 0 Å². The van der Waals surface area contributed by atoms with Crippen LogP contribution >= 0.6 is 0 Å². The molecule has 0 rings (SSSR count). The first-order valence-corrected chi connectivity index (χ1v) is 4.87. The highest BCUT2D eigenvalue weighted by Crippen LogP contribution is 1.78. The summed E-state index contributed by atoms with van der Waals surface area (Å²) in [6, 6.07) is 0.307. The summed E-state index contributed by atoms with van der Waals surface area (Å²) < 4.78 is 20.7. The van der Waals surface area contributed by atoms with E-state index in [1.807, 2.05) is 13.8 Å². The fourth-order valence-corrected chi connectivity index (χ4v) is 0.892. The molecule has 0 aromatic carbocycles. The average Bonchev–Trinajstić information content (AvgIpc) is 1.59. The van der Waals surface area contributed by atoms with Gasteiger partial charge in [0.2, 0.25) is 10.0 Å². The summed E-state index contributed by atoms with van der Waals surface area (Å²) in [6.07, 6.45) is 0. The molecule has 0 heterocycles. The van der Waals surface area contributed by atoms with Gasteiger partial charge in [0.15, 0.2) is 0 Å². The first-order valence-electron chi connectivity index (χ1n) is 3.15. The van der Waals surface area contributed by atoms with E-state index >= 15 is 0 Å². The minimum Gasteiger partial charge on any atom is -0.313 e. The number of nitrogens with one attached hydrogen (secondary N) is 1. The Kier molecular flexibility index (Phi) is 3.85. The van der Waals surface area contributed by atoms with E-state index in [0.717, 1.165) is 0 Å². The highest BCUT2D eigenvalue weighted by atomic mass is 32.2. The molecule has 4 nitrogen and oxygen atoms in total. The first-order chi connectivity index (χ1) is 4.42.